The molecule has 1 atom stereocenters. The number of aromatic nitrogens is 2. The zero-order valence-electron chi connectivity index (χ0n) is 13.2. The summed E-state index contributed by atoms with van der Waals surface area (Å²) in [6, 6.07) is 1.31. The molecule has 0 bridgehead atoms. The van der Waals surface area contributed by atoms with Crippen LogP contribution in [0.15, 0.2) is 6.07 Å². The molecule has 1 amide bonds. The summed E-state index contributed by atoms with van der Waals surface area (Å²) in [7, 11) is -3.34. The first-order valence-electron chi connectivity index (χ1n) is 7.33. The van der Waals surface area contributed by atoms with Crippen LogP contribution in [0.5, 0.6) is 0 Å². The summed E-state index contributed by atoms with van der Waals surface area (Å²) in [4.78, 5) is 20.8. The summed E-state index contributed by atoms with van der Waals surface area (Å²) < 4.78 is 24.6. The molecule has 1 saturated heterocycles. The summed E-state index contributed by atoms with van der Waals surface area (Å²) >= 11 is 0. The molecule has 1 fully saturated rings. The lowest BCUT2D eigenvalue weighted by Crippen LogP contribution is -2.46. The van der Waals surface area contributed by atoms with E-state index < -0.39 is 16.1 Å². The third kappa shape index (κ3) is 4.23. The van der Waals surface area contributed by atoms with Crippen LogP contribution in [0.3, 0.4) is 0 Å². The summed E-state index contributed by atoms with van der Waals surface area (Å²) in [6.07, 6.45) is 2.95. The van der Waals surface area contributed by atoms with Gasteiger partial charge in [0, 0.05) is 30.9 Å². The Balaban J connectivity index is 1.90. The van der Waals surface area contributed by atoms with Crippen LogP contribution in [0.4, 0.5) is 0 Å². The van der Waals surface area contributed by atoms with Crippen LogP contribution in [0.2, 0.25) is 0 Å². The number of nitrogens with one attached hydrogen (secondary N) is 1. The monoisotopic (exact) mass is 326 g/mol. The van der Waals surface area contributed by atoms with Gasteiger partial charge in [0.15, 0.2) is 0 Å². The minimum atomic E-state index is -3.34. The van der Waals surface area contributed by atoms with Gasteiger partial charge in [-0.3, -0.25) is 4.79 Å². The number of amides is 1. The smallest absolute Gasteiger partial charge is 0.238 e. The first-order chi connectivity index (χ1) is 10.3. The minimum absolute atomic E-state index is 0.243. The molecule has 22 heavy (non-hydrogen) atoms. The Kier molecular flexibility index (Phi) is 5.12. The molecular formula is C14H22N4O3S. The van der Waals surface area contributed by atoms with Crippen molar-refractivity contribution in [3.05, 3.63) is 23.3 Å². The van der Waals surface area contributed by atoms with Gasteiger partial charge in [0.25, 0.3) is 0 Å². The Bertz CT molecular complexity index is 640. The lowest BCUT2D eigenvalue weighted by molar-refractivity contribution is -0.124. The number of aryl methyl sites for hydroxylation is 2. The molecule has 0 aromatic carbocycles. The number of hydrogen-bond acceptors (Lipinski definition) is 5. The Hall–Kier alpha value is -1.54. The van der Waals surface area contributed by atoms with Crippen molar-refractivity contribution in [1.82, 2.24) is 19.6 Å². The molecule has 7 nitrogen and oxygen atoms in total. The number of carbonyl (C=O) groups excluding carboxylic acids is 1. The van der Waals surface area contributed by atoms with Crippen LogP contribution >= 0.6 is 0 Å². The minimum Gasteiger partial charge on any atom is -0.354 e. The maximum Gasteiger partial charge on any atom is 0.238 e. The topological polar surface area (TPSA) is 92.3 Å². The van der Waals surface area contributed by atoms with Crippen LogP contribution in [-0.2, 0) is 21.2 Å². The molecule has 0 spiro atoms. The van der Waals surface area contributed by atoms with Gasteiger partial charge in [-0.15, -0.1) is 0 Å². The van der Waals surface area contributed by atoms with E-state index in [1.165, 1.54) is 4.31 Å². The highest BCUT2D eigenvalue weighted by Gasteiger charge is 2.36. The van der Waals surface area contributed by atoms with Gasteiger partial charge in [-0.25, -0.2) is 18.4 Å². The van der Waals surface area contributed by atoms with E-state index in [4.69, 9.17) is 0 Å². The predicted molar refractivity (Wildman–Crippen MR) is 82.8 cm³/mol. The normalized spacial score (nSPS) is 19.3. The van der Waals surface area contributed by atoms with Crippen LogP contribution < -0.4 is 5.32 Å². The van der Waals surface area contributed by atoms with E-state index in [-0.39, 0.29) is 5.91 Å². The van der Waals surface area contributed by atoms with Crippen molar-refractivity contribution < 1.29 is 13.2 Å². The van der Waals surface area contributed by atoms with E-state index >= 15 is 0 Å². The van der Waals surface area contributed by atoms with Crippen LogP contribution in [0.1, 0.15) is 30.1 Å². The number of sulfonamides is 1. The molecule has 8 heteroatoms. The van der Waals surface area contributed by atoms with Crippen molar-refractivity contribution in [2.45, 2.75) is 39.2 Å². The first kappa shape index (κ1) is 16.8. The van der Waals surface area contributed by atoms with Crippen LogP contribution in [-0.4, -0.2) is 54.0 Å². The third-order valence-corrected chi connectivity index (χ3v) is 4.90. The Morgan fingerprint density at radius 3 is 2.59 bits per heavy atom. The Morgan fingerprint density at radius 2 is 2.00 bits per heavy atom. The Morgan fingerprint density at radius 1 is 1.36 bits per heavy atom. The fourth-order valence-corrected chi connectivity index (χ4v) is 3.85. The largest absolute Gasteiger partial charge is 0.354 e. The lowest BCUT2D eigenvalue weighted by atomic mass is 10.2. The standard InChI is InChI=1S/C14H22N4O3S/c1-10-9-11(2)17-13(16-10)6-7-15-14(19)12-5-4-8-18(12)22(3,20)21/h9,12H,4-8H2,1-3H3,(H,15,19)/t12-/m0/s1. The van der Waals surface area contributed by atoms with Gasteiger partial charge in [-0.05, 0) is 32.8 Å². The summed E-state index contributed by atoms with van der Waals surface area (Å²) in [5.41, 5.74) is 1.79. The number of nitrogens with zero attached hydrogens (tertiary/aromatic N) is 3. The fourth-order valence-electron chi connectivity index (χ4n) is 2.73. The average molecular weight is 326 g/mol. The molecule has 0 aliphatic carbocycles. The average Bonchev–Trinajstić information content (AvgIpc) is 2.86. The number of rotatable bonds is 5. The molecule has 0 unspecified atom stereocenters. The number of carbonyl (C=O) groups is 1. The molecule has 1 aromatic heterocycles. The summed E-state index contributed by atoms with van der Waals surface area (Å²) in [6.45, 7) is 4.62. The molecule has 1 aliphatic rings. The van der Waals surface area contributed by atoms with Gasteiger partial charge in [0.1, 0.15) is 11.9 Å². The van der Waals surface area contributed by atoms with E-state index in [2.05, 4.69) is 15.3 Å². The first-order valence-corrected chi connectivity index (χ1v) is 9.18. The highest BCUT2D eigenvalue weighted by atomic mass is 32.2. The molecule has 0 saturated carbocycles. The second-order valence-electron chi connectivity index (χ2n) is 5.64. The van der Waals surface area contributed by atoms with Crippen LogP contribution in [0, 0.1) is 13.8 Å². The molecule has 0 radical (unpaired) electrons. The summed E-state index contributed by atoms with van der Waals surface area (Å²) in [5.74, 6) is 0.441. The second-order valence-corrected chi connectivity index (χ2v) is 7.57. The SMILES string of the molecule is Cc1cc(C)nc(CCNC(=O)[C@@H]2CCCN2S(C)(=O)=O)n1. The molecular weight excluding hydrogens is 304 g/mol. The van der Waals surface area contributed by atoms with E-state index in [0.29, 0.717) is 38.2 Å². The molecule has 1 aromatic rings. The lowest BCUT2D eigenvalue weighted by Gasteiger charge is -2.21. The van der Waals surface area contributed by atoms with Crippen molar-refractivity contribution in [2.75, 3.05) is 19.3 Å². The van der Waals surface area contributed by atoms with Crippen molar-refractivity contribution in [3.8, 4) is 0 Å². The van der Waals surface area contributed by atoms with Gasteiger partial charge < -0.3 is 5.32 Å². The van der Waals surface area contributed by atoms with Gasteiger partial charge >= 0.3 is 0 Å². The molecule has 122 valence electrons. The molecule has 1 aliphatic heterocycles. The van der Waals surface area contributed by atoms with E-state index in [9.17, 15) is 13.2 Å². The van der Waals surface area contributed by atoms with E-state index in [0.717, 1.165) is 17.6 Å². The Labute approximate surface area is 131 Å². The molecule has 1 N–H and O–H groups in total. The van der Waals surface area contributed by atoms with Crippen molar-refractivity contribution >= 4 is 15.9 Å². The van der Waals surface area contributed by atoms with E-state index in [1.807, 2.05) is 19.9 Å². The molecule has 2 heterocycles. The third-order valence-electron chi connectivity index (χ3n) is 3.61. The van der Waals surface area contributed by atoms with Crippen LogP contribution in [0.25, 0.3) is 0 Å². The van der Waals surface area contributed by atoms with Crippen molar-refractivity contribution in [1.29, 1.82) is 0 Å². The van der Waals surface area contributed by atoms with Gasteiger partial charge in [-0.1, -0.05) is 0 Å². The van der Waals surface area contributed by atoms with Crippen molar-refractivity contribution in [2.24, 2.45) is 0 Å². The highest BCUT2D eigenvalue weighted by Crippen LogP contribution is 2.20. The highest BCUT2D eigenvalue weighted by molar-refractivity contribution is 7.88. The predicted octanol–water partition coefficient (Wildman–Crippen LogP) is 0.176. The van der Waals surface area contributed by atoms with Gasteiger partial charge in [-0.2, -0.15) is 4.31 Å². The zero-order valence-corrected chi connectivity index (χ0v) is 14.0. The van der Waals surface area contributed by atoms with E-state index in [1.54, 1.807) is 0 Å². The fraction of sp³-hybridized carbons (Fsp3) is 0.643. The zero-order chi connectivity index (χ0) is 16.3. The quantitative estimate of drug-likeness (QED) is 0.833. The maximum absolute atomic E-state index is 12.2. The second kappa shape index (κ2) is 6.70. The van der Waals surface area contributed by atoms with Crippen molar-refractivity contribution in [3.63, 3.8) is 0 Å². The summed E-state index contributed by atoms with van der Waals surface area (Å²) in [5, 5.41) is 2.79. The maximum atomic E-state index is 12.2. The molecule has 2 rings (SSSR count). The van der Waals surface area contributed by atoms with Gasteiger partial charge in [0.05, 0.1) is 6.26 Å². The number of hydrogen-bond donors (Lipinski definition) is 1. The van der Waals surface area contributed by atoms with Gasteiger partial charge in [0.2, 0.25) is 15.9 Å².